The van der Waals surface area contributed by atoms with Gasteiger partial charge in [-0.2, -0.15) is 0 Å². The van der Waals surface area contributed by atoms with Gasteiger partial charge in [-0.15, -0.1) is 0 Å². The van der Waals surface area contributed by atoms with E-state index in [1.165, 1.54) is 0 Å². The highest BCUT2D eigenvalue weighted by Gasteiger charge is 2.72. The first kappa shape index (κ1) is 29.6. The molecule has 1 aromatic carbocycles. The van der Waals surface area contributed by atoms with Crippen LogP contribution in [0.1, 0.15) is 52.9 Å². The third kappa shape index (κ3) is 5.50. The summed E-state index contributed by atoms with van der Waals surface area (Å²) < 4.78 is 11.7. The Labute approximate surface area is 244 Å². The summed E-state index contributed by atoms with van der Waals surface area (Å²) in [7, 11) is 3.63. The fourth-order valence-corrected chi connectivity index (χ4v) is 7.27. The van der Waals surface area contributed by atoms with Crippen LogP contribution in [0.25, 0.3) is 0 Å². The molecule has 1 aliphatic carbocycles. The van der Waals surface area contributed by atoms with E-state index in [1.54, 1.807) is 36.3 Å². The highest BCUT2D eigenvalue weighted by atomic mass is 16.5. The molecule has 41 heavy (non-hydrogen) atoms. The number of nitrogens with zero attached hydrogens (tertiary/aromatic N) is 2. The van der Waals surface area contributed by atoms with Gasteiger partial charge >= 0.3 is 0 Å². The van der Waals surface area contributed by atoms with Gasteiger partial charge in [0.15, 0.2) is 0 Å². The third-order valence-corrected chi connectivity index (χ3v) is 9.93. The fourth-order valence-electron chi connectivity index (χ4n) is 7.27. The number of fused-ring (bicyclic) bond motifs is 1. The third-order valence-electron chi connectivity index (χ3n) is 9.93. The minimum Gasteiger partial charge on any atom is -0.497 e. The molecular formula is C32H46N4O5. The molecule has 0 radical (unpaired) electrons. The molecule has 3 fully saturated rings. The first-order chi connectivity index (χ1) is 19.7. The van der Waals surface area contributed by atoms with E-state index in [9.17, 15) is 14.4 Å². The molecule has 1 aromatic rings. The standard InChI is InChI=1S/C32H46N4O5/c1-6-7-17-35(4)18-19-36-28(30(38)34-24-10-8-9-20(2)21(24)3)32-16-15-25(41-32)26(27(32)31(36)39)29(37)33-22-11-13-23(40-5)14-12-22/h11-16,20-21,24-28H,6-10,17-19H2,1-5H3,(H,33,37)(H,34,38)/t20-,21+,24-,25+,26-,27+,28+,32+/m1/s1. The number of anilines is 1. The van der Waals surface area contributed by atoms with Crippen LogP contribution in [0.5, 0.6) is 5.75 Å². The number of hydrogen-bond acceptors (Lipinski definition) is 6. The number of methoxy groups -OCH3 is 1. The topological polar surface area (TPSA) is 100 Å². The van der Waals surface area contributed by atoms with Crippen molar-refractivity contribution in [1.82, 2.24) is 15.1 Å². The number of nitrogens with one attached hydrogen (secondary N) is 2. The Balaban J connectivity index is 1.40. The number of carbonyl (C=O) groups excluding carboxylic acids is 3. The maximum atomic E-state index is 14.2. The van der Waals surface area contributed by atoms with Gasteiger partial charge in [0, 0.05) is 24.8 Å². The van der Waals surface area contributed by atoms with Crippen molar-refractivity contribution < 1.29 is 23.9 Å². The van der Waals surface area contributed by atoms with Gasteiger partial charge in [0.1, 0.15) is 17.4 Å². The SMILES string of the molecule is CCCCN(C)CCN1C(=O)[C@@H]2[C@H](C(=O)Nc3ccc(OC)cc3)[C@@H]3C=C[C@@]2(O3)[C@@H]1C(=O)N[C@@H]1CCC[C@@H](C)[C@@H]1C. The summed E-state index contributed by atoms with van der Waals surface area (Å²) in [5.74, 6) is -0.541. The second-order valence-electron chi connectivity index (χ2n) is 12.5. The lowest BCUT2D eigenvalue weighted by atomic mass is 9.73. The second kappa shape index (κ2) is 12.1. The normalized spacial score (nSPS) is 33.8. The second-order valence-corrected chi connectivity index (χ2v) is 12.5. The fraction of sp³-hybridized carbons (Fsp3) is 0.656. The Morgan fingerprint density at radius 1 is 1.15 bits per heavy atom. The van der Waals surface area contributed by atoms with E-state index in [1.807, 2.05) is 19.2 Å². The summed E-state index contributed by atoms with van der Waals surface area (Å²) in [5.41, 5.74) is -0.537. The van der Waals surface area contributed by atoms with Crippen molar-refractivity contribution in [1.29, 1.82) is 0 Å². The number of ether oxygens (including phenoxy) is 2. The zero-order valence-electron chi connectivity index (χ0n) is 25.1. The molecular weight excluding hydrogens is 520 g/mol. The molecule has 3 amide bonds. The summed E-state index contributed by atoms with van der Waals surface area (Å²) >= 11 is 0. The molecule has 2 N–H and O–H groups in total. The predicted octanol–water partition coefficient (Wildman–Crippen LogP) is 3.46. The Hall–Kier alpha value is -2.91. The van der Waals surface area contributed by atoms with E-state index in [2.05, 4.69) is 36.3 Å². The van der Waals surface area contributed by atoms with E-state index < -0.39 is 29.6 Å². The van der Waals surface area contributed by atoms with Crippen LogP contribution >= 0.6 is 0 Å². The molecule has 2 bridgehead atoms. The molecule has 4 aliphatic rings. The number of benzene rings is 1. The van der Waals surface area contributed by atoms with Crippen molar-refractivity contribution in [2.75, 3.05) is 39.1 Å². The molecule has 9 heteroatoms. The Morgan fingerprint density at radius 2 is 1.90 bits per heavy atom. The number of carbonyl (C=O) groups is 3. The molecule has 5 rings (SSSR count). The molecule has 0 unspecified atom stereocenters. The van der Waals surface area contributed by atoms with Gasteiger partial charge in [0.2, 0.25) is 17.7 Å². The molecule has 3 aliphatic heterocycles. The molecule has 224 valence electrons. The van der Waals surface area contributed by atoms with Crippen molar-refractivity contribution in [2.45, 2.75) is 76.7 Å². The van der Waals surface area contributed by atoms with Crippen LogP contribution in [-0.2, 0) is 19.1 Å². The molecule has 2 saturated heterocycles. The lowest BCUT2D eigenvalue weighted by Crippen LogP contribution is -2.58. The lowest BCUT2D eigenvalue weighted by Gasteiger charge is -2.38. The first-order valence-electron chi connectivity index (χ1n) is 15.3. The van der Waals surface area contributed by atoms with Crippen molar-refractivity contribution >= 4 is 23.4 Å². The number of rotatable bonds is 11. The zero-order chi connectivity index (χ0) is 29.3. The lowest BCUT2D eigenvalue weighted by molar-refractivity contribution is -0.141. The molecule has 3 heterocycles. The average molecular weight is 567 g/mol. The number of amides is 3. The maximum Gasteiger partial charge on any atom is 0.246 e. The van der Waals surface area contributed by atoms with Gasteiger partial charge < -0.3 is 29.9 Å². The molecule has 1 saturated carbocycles. The van der Waals surface area contributed by atoms with Crippen molar-refractivity contribution in [2.24, 2.45) is 23.7 Å². The van der Waals surface area contributed by atoms with E-state index in [0.29, 0.717) is 36.4 Å². The van der Waals surface area contributed by atoms with E-state index in [0.717, 1.165) is 38.6 Å². The van der Waals surface area contributed by atoms with Crippen LogP contribution in [0.3, 0.4) is 0 Å². The first-order valence-corrected chi connectivity index (χ1v) is 15.3. The molecule has 8 atom stereocenters. The summed E-state index contributed by atoms with van der Waals surface area (Å²) in [4.78, 5) is 45.9. The number of likely N-dealkylation sites (tertiary alicyclic amines) is 1. The van der Waals surface area contributed by atoms with Crippen molar-refractivity contribution in [3.63, 3.8) is 0 Å². The van der Waals surface area contributed by atoms with Gasteiger partial charge in [0.25, 0.3) is 0 Å². The number of hydrogen-bond donors (Lipinski definition) is 2. The van der Waals surface area contributed by atoms with Crippen LogP contribution in [0.15, 0.2) is 36.4 Å². The number of unbranched alkanes of at least 4 members (excludes halogenated alkanes) is 1. The maximum absolute atomic E-state index is 14.2. The van der Waals surface area contributed by atoms with Gasteiger partial charge in [-0.3, -0.25) is 14.4 Å². The minimum atomic E-state index is -1.15. The Kier molecular flexibility index (Phi) is 8.76. The largest absolute Gasteiger partial charge is 0.497 e. The quantitative estimate of drug-likeness (QED) is 0.398. The van der Waals surface area contributed by atoms with Crippen LogP contribution in [0.4, 0.5) is 5.69 Å². The average Bonchev–Trinajstić information content (AvgIpc) is 3.60. The van der Waals surface area contributed by atoms with Gasteiger partial charge in [-0.05, 0) is 62.5 Å². The summed E-state index contributed by atoms with van der Waals surface area (Å²) in [5, 5.41) is 6.30. The van der Waals surface area contributed by atoms with Crippen molar-refractivity contribution in [3.05, 3.63) is 36.4 Å². The van der Waals surface area contributed by atoms with E-state index in [-0.39, 0.29) is 23.8 Å². The van der Waals surface area contributed by atoms with Crippen molar-refractivity contribution in [3.8, 4) is 5.75 Å². The summed E-state index contributed by atoms with van der Waals surface area (Å²) in [6.45, 7) is 8.57. The van der Waals surface area contributed by atoms with Crippen LogP contribution in [0, 0.1) is 23.7 Å². The summed E-state index contributed by atoms with van der Waals surface area (Å²) in [6, 6.07) is 6.34. The van der Waals surface area contributed by atoms with Crippen LogP contribution in [0.2, 0.25) is 0 Å². The predicted molar refractivity (Wildman–Crippen MR) is 157 cm³/mol. The summed E-state index contributed by atoms with van der Waals surface area (Å²) in [6.07, 6.45) is 8.52. The molecule has 0 aromatic heterocycles. The Morgan fingerprint density at radius 3 is 2.61 bits per heavy atom. The van der Waals surface area contributed by atoms with Crippen LogP contribution in [-0.4, -0.2) is 85.1 Å². The van der Waals surface area contributed by atoms with E-state index >= 15 is 0 Å². The zero-order valence-corrected chi connectivity index (χ0v) is 25.1. The van der Waals surface area contributed by atoms with Crippen LogP contribution < -0.4 is 15.4 Å². The smallest absolute Gasteiger partial charge is 0.246 e. The van der Waals surface area contributed by atoms with Gasteiger partial charge in [-0.1, -0.05) is 52.2 Å². The van der Waals surface area contributed by atoms with E-state index in [4.69, 9.17) is 9.47 Å². The van der Waals surface area contributed by atoms with Gasteiger partial charge in [-0.25, -0.2) is 0 Å². The molecule has 9 nitrogen and oxygen atoms in total. The van der Waals surface area contributed by atoms with Gasteiger partial charge in [0.05, 0.1) is 25.0 Å². The highest BCUT2D eigenvalue weighted by Crippen LogP contribution is 2.55. The highest BCUT2D eigenvalue weighted by molar-refractivity contribution is 6.02. The number of likely N-dealkylation sites (N-methyl/N-ethyl adjacent to an activating group) is 1. The molecule has 1 spiro atoms. The minimum absolute atomic E-state index is 0.0580. The Bertz CT molecular complexity index is 1160. The monoisotopic (exact) mass is 566 g/mol.